The minimum absolute atomic E-state index is 0.0497. The molecule has 2 aromatic rings. The van der Waals surface area contributed by atoms with Crippen LogP contribution in [0.4, 0.5) is 4.39 Å². The molecule has 1 aromatic carbocycles. The van der Waals surface area contributed by atoms with Crippen LogP contribution in [0.3, 0.4) is 0 Å². The van der Waals surface area contributed by atoms with Crippen molar-refractivity contribution in [3.05, 3.63) is 47.0 Å². The van der Waals surface area contributed by atoms with Crippen LogP contribution in [0.25, 0.3) is 5.69 Å². The highest BCUT2D eigenvalue weighted by Gasteiger charge is 2.29. The fourth-order valence-corrected chi connectivity index (χ4v) is 3.12. The van der Waals surface area contributed by atoms with E-state index in [-0.39, 0.29) is 17.6 Å². The lowest BCUT2D eigenvalue weighted by Crippen LogP contribution is -2.49. The number of carbonyl (C=O) groups is 3. The maximum Gasteiger partial charge on any atom is 0.327 e. The number of hydrogen-bond acceptors (Lipinski definition) is 4. The van der Waals surface area contributed by atoms with E-state index < -0.39 is 17.7 Å². The lowest BCUT2D eigenvalue weighted by molar-refractivity contribution is -0.139. The Balaban J connectivity index is 1.49. The molecule has 0 atom stereocenters. The van der Waals surface area contributed by atoms with Gasteiger partial charge in [-0.15, -0.1) is 0 Å². The first kappa shape index (κ1) is 17.2. The Morgan fingerprint density at radius 2 is 1.78 bits per heavy atom. The van der Waals surface area contributed by atoms with E-state index in [1.54, 1.807) is 16.8 Å². The second-order valence-corrected chi connectivity index (χ2v) is 6.67. The number of aromatic nitrogens is 2. The molecule has 4 rings (SSSR count). The fourth-order valence-electron chi connectivity index (χ4n) is 3.12. The lowest BCUT2D eigenvalue weighted by atomic mass is 10.2. The third kappa shape index (κ3) is 3.53. The van der Waals surface area contributed by atoms with Crippen molar-refractivity contribution in [2.24, 2.45) is 0 Å². The number of carbonyl (C=O) groups excluding carboxylic acids is 3. The van der Waals surface area contributed by atoms with Crippen LogP contribution in [0.1, 0.15) is 41.0 Å². The summed E-state index contributed by atoms with van der Waals surface area (Å²) in [5.41, 5.74) is 6.89. The van der Waals surface area contributed by atoms with E-state index in [9.17, 15) is 18.8 Å². The molecule has 0 aliphatic heterocycles. The van der Waals surface area contributed by atoms with Gasteiger partial charge in [0.05, 0.1) is 5.69 Å². The number of amides is 3. The molecule has 0 spiro atoms. The Kier molecular flexibility index (Phi) is 4.35. The van der Waals surface area contributed by atoms with Crippen molar-refractivity contribution in [3.8, 4) is 5.69 Å². The highest BCUT2D eigenvalue weighted by atomic mass is 19.1. The molecule has 1 heterocycles. The predicted octanol–water partition coefficient (Wildman–Crippen LogP) is 0.540. The summed E-state index contributed by atoms with van der Waals surface area (Å²) < 4.78 is 14.8. The van der Waals surface area contributed by atoms with E-state index in [1.165, 1.54) is 12.1 Å². The first-order chi connectivity index (χ1) is 13.0. The number of benzene rings is 1. The number of rotatable bonds is 3. The molecule has 8 nitrogen and oxygen atoms in total. The molecule has 2 aliphatic rings. The summed E-state index contributed by atoms with van der Waals surface area (Å²) in [5, 5.41) is 6.88. The number of nitrogens with one attached hydrogen (secondary N) is 3. The fraction of sp³-hybridized carbons (Fsp3) is 0.333. The van der Waals surface area contributed by atoms with Gasteiger partial charge in [0.15, 0.2) is 5.69 Å². The summed E-state index contributed by atoms with van der Waals surface area (Å²) in [6.07, 6.45) is 4.04. The summed E-state index contributed by atoms with van der Waals surface area (Å²) >= 11 is 0. The van der Waals surface area contributed by atoms with Crippen LogP contribution in [0.5, 0.6) is 0 Å². The number of fused-ring (bicyclic) bond motifs is 1. The highest BCUT2D eigenvalue weighted by molar-refractivity contribution is 6.35. The molecular formula is C18H18FN5O3. The topological polar surface area (TPSA) is 105 Å². The van der Waals surface area contributed by atoms with Gasteiger partial charge < -0.3 is 5.32 Å². The molecule has 27 heavy (non-hydrogen) atoms. The van der Waals surface area contributed by atoms with Gasteiger partial charge >= 0.3 is 11.8 Å². The van der Waals surface area contributed by atoms with Crippen molar-refractivity contribution in [1.29, 1.82) is 0 Å². The van der Waals surface area contributed by atoms with E-state index in [0.29, 0.717) is 12.1 Å². The van der Waals surface area contributed by atoms with Gasteiger partial charge in [-0.25, -0.2) is 9.07 Å². The number of halogens is 1. The maximum absolute atomic E-state index is 13.2. The average Bonchev–Trinajstić information content (AvgIpc) is 3.21. The van der Waals surface area contributed by atoms with E-state index in [2.05, 4.69) is 21.3 Å². The van der Waals surface area contributed by atoms with Crippen LogP contribution in [0.2, 0.25) is 0 Å². The van der Waals surface area contributed by atoms with Crippen LogP contribution < -0.4 is 16.2 Å². The third-order valence-corrected chi connectivity index (χ3v) is 4.62. The van der Waals surface area contributed by atoms with Gasteiger partial charge in [-0.1, -0.05) is 0 Å². The second kappa shape index (κ2) is 6.82. The quantitative estimate of drug-likeness (QED) is 0.541. The largest absolute Gasteiger partial charge is 0.345 e. The predicted molar refractivity (Wildman–Crippen MR) is 92.3 cm³/mol. The van der Waals surface area contributed by atoms with E-state index in [1.807, 2.05) is 0 Å². The molecule has 0 unspecified atom stereocenters. The van der Waals surface area contributed by atoms with E-state index in [0.717, 1.165) is 36.9 Å². The molecule has 1 fully saturated rings. The molecule has 0 radical (unpaired) electrons. The molecule has 2 aliphatic carbocycles. The standard InChI is InChI=1S/C18H18FN5O3/c19-10-4-8-12(9-5-10)24-14-3-1-2-13(14)15(23-24)16(25)21-22-18(27)17(26)20-11-6-7-11/h4-5,8-9,11H,1-3,6-7H2,(H,20,26)(H,21,25)(H,22,27). The summed E-state index contributed by atoms with van der Waals surface area (Å²) in [4.78, 5) is 35.8. The summed E-state index contributed by atoms with van der Waals surface area (Å²) in [6.45, 7) is 0. The van der Waals surface area contributed by atoms with Crippen molar-refractivity contribution < 1.29 is 18.8 Å². The van der Waals surface area contributed by atoms with Gasteiger partial charge in [-0.3, -0.25) is 25.2 Å². The van der Waals surface area contributed by atoms with Crippen LogP contribution in [-0.4, -0.2) is 33.5 Å². The SMILES string of the molecule is O=C(NNC(=O)c1nn(-c2ccc(F)cc2)c2c1CCC2)C(=O)NC1CC1. The molecule has 0 saturated heterocycles. The van der Waals surface area contributed by atoms with Crippen LogP contribution in [0.15, 0.2) is 24.3 Å². The molecule has 1 aromatic heterocycles. The minimum Gasteiger partial charge on any atom is -0.345 e. The van der Waals surface area contributed by atoms with Gasteiger partial charge in [0.1, 0.15) is 5.82 Å². The van der Waals surface area contributed by atoms with Gasteiger partial charge in [0, 0.05) is 17.3 Å². The van der Waals surface area contributed by atoms with Crippen molar-refractivity contribution in [2.45, 2.75) is 38.1 Å². The number of hydrogen-bond donors (Lipinski definition) is 3. The third-order valence-electron chi connectivity index (χ3n) is 4.62. The Morgan fingerprint density at radius 1 is 1.04 bits per heavy atom. The zero-order chi connectivity index (χ0) is 19.0. The first-order valence-corrected chi connectivity index (χ1v) is 8.81. The van der Waals surface area contributed by atoms with Gasteiger partial charge in [-0.2, -0.15) is 5.10 Å². The van der Waals surface area contributed by atoms with Crippen molar-refractivity contribution in [3.63, 3.8) is 0 Å². The lowest BCUT2D eigenvalue weighted by Gasteiger charge is -2.07. The van der Waals surface area contributed by atoms with Crippen LogP contribution >= 0.6 is 0 Å². The zero-order valence-electron chi connectivity index (χ0n) is 14.4. The Morgan fingerprint density at radius 3 is 2.48 bits per heavy atom. The van der Waals surface area contributed by atoms with Gasteiger partial charge in [0.2, 0.25) is 0 Å². The first-order valence-electron chi connectivity index (χ1n) is 8.81. The van der Waals surface area contributed by atoms with Gasteiger partial charge in [0.25, 0.3) is 5.91 Å². The van der Waals surface area contributed by atoms with E-state index in [4.69, 9.17) is 0 Å². The van der Waals surface area contributed by atoms with Crippen molar-refractivity contribution >= 4 is 17.7 Å². The van der Waals surface area contributed by atoms with Crippen molar-refractivity contribution in [2.75, 3.05) is 0 Å². The Hall–Kier alpha value is -3.23. The summed E-state index contributed by atoms with van der Waals surface area (Å²) in [6, 6.07) is 5.89. The molecule has 3 N–H and O–H groups in total. The normalized spacial score (nSPS) is 15.1. The highest BCUT2D eigenvalue weighted by Crippen LogP contribution is 2.27. The molecule has 1 saturated carbocycles. The number of hydrazine groups is 1. The van der Waals surface area contributed by atoms with Gasteiger partial charge in [-0.05, 0) is 56.4 Å². The zero-order valence-corrected chi connectivity index (χ0v) is 14.4. The molecule has 3 amide bonds. The Labute approximate surface area is 154 Å². The smallest absolute Gasteiger partial charge is 0.327 e. The molecule has 9 heteroatoms. The second-order valence-electron chi connectivity index (χ2n) is 6.67. The number of nitrogens with zero attached hydrogens (tertiary/aromatic N) is 2. The minimum atomic E-state index is -0.926. The maximum atomic E-state index is 13.2. The van der Waals surface area contributed by atoms with Crippen LogP contribution in [0, 0.1) is 5.82 Å². The average molecular weight is 371 g/mol. The van der Waals surface area contributed by atoms with Crippen molar-refractivity contribution in [1.82, 2.24) is 25.9 Å². The van der Waals surface area contributed by atoms with Crippen LogP contribution in [-0.2, 0) is 22.4 Å². The van der Waals surface area contributed by atoms with E-state index >= 15 is 0 Å². The monoisotopic (exact) mass is 371 g/mol. The Bertz CT molecular complexity index is 918. The molecular weight excluding hydrogens is 353 g/mol. The summed E-state index contributed by atoms with van der Waals surface area (Å²) in [7, 11) is 0. The molecule has 140 valence electrons. The molecule has 0 bridgehead atoms. The summed E-state index contributed by atoms with van der Waals surface area (Å²) in [5.74, 6) is -2.65.